The molecule has 19 heavy (non-hydrogen) atoms. The lowest BCUT2D eigenvalue weighted by Gasteiger charge is -2.29. The van der Waals surface area contributed by atoms with E-state index in [0.717, 1.165) is 0 Å². The molecule has 3 rings (SSSR count). The number of carbonyl (C=O) groups is 2. The first kappa shape index (κ1) is 11.5. The van der Waals surface area contributed by atoms with Gasteiger partial charge in [-0.1, -0.05) is 6.07 Å². The molecule has 1 aromatic carbocycles. The molecule has 7 heteroatoms. The molecule has 1 saturated heterocycles. The third-order valence-electron chi connectivity index (χ3n) is 3.11. The van der Waals surface area contributed by atoms with Crippen molar-refractivity contribution in [3.63, 3.8) is 0 Å². The monoisotopic (exact) mass is 260 g/mol. The van der Waals surface area contributed by atoms with Crippen LogP contribution in [0.5, 0.6) is 0 Å². The van der Waals surface area contributed by atoms with Crippen LogP contribution in [-0.2, 0) is 9.59 Å². The van der Waals surface area contributed by atoms with Crippen molar-refractivity contribution >= 4 is 34.6 Å². The van der Waals surface area contributed by atoms with E-state index in [1.165, 1.54) is 4.90 Å². The van der Waals surface area contributed by atoms with E-state index in [2.05, 4.69) is 10.3 Å². The van der Waals surface area contributed by atoms with Crippen molar-refractivity contribution < 1.29 is 14.0 Å². The van der Waals surface area contributed by atoms with Gasteiger partial charge in [-0.15, -0.1) is 0 Å². The number of imide groups is 1. The molecule has 0 saturated carbocycles. The van der Waals surface area contributed by atoms with Gasteiger partial charge in [-0.25, -0.2) is 0 Å². The van der Waals surface area contributed by atoms with Crippen LogP contribution >= 0.6 is 0 Å². The zero-order valence-electron chi connectivity index (χ0n) is 10.2. The molecule has 2 heterocycles. The molecule has 1 unspecified atom stereocenters. The first-order valence-corrected chi connectivity index (χ1v) is 5.81. The predicted molar refractivity (Wildman–Crippen MR) is 68.4 cm³/mol. The number of aromatic nitrogens is 1. The maximum Gasteiger partial charge on any atom is 0.299 e. The minimum absolute atomic E-state index is 0.0274. The average molecular weight is 260 g/mol. The summed E-state index contributed by atoms with van der Waals surface area (Å²) in [5.41, 5.74) is 7.35. The van der Waals surface area contributed by atoms with E-state index in [9.17, 15) is 9.59 Å². The number of hydrogen-bond acceptors (Lipinski definition) is 6. The number of oxazole rings is 1. The lowest BCUT2D eigenvalue weighted by atomic mass is 10.2. The quantitative estimate of drug-likeness (QED) is 0.563. The molecule has 0 spiro atoms. The Balaban J connectivity index is 2.06. The molecule has 0 radical (unpaired) electrons. The second-order valence-electron chi connectivity index (χ2n) is 4.41. The standard InChI is InChI=1S/C12H12N4O3/c1-6-11(18)14-9(17)5-16(6)12-15-10-7(13)3-2-4-8(10)19-12/h2-4,6H,5,13H2,1H3,(H,14,17,18). The van der Waals surface area contributed by atoms with Crippen molar-refractivity contribution in [3.8, 4) is 0 Å². The van der Waals surface area contributed by atoms with Gasteiger partial charge in [0.1, 0.15) is 18.1 Å². The Morgan fingerprint density at radius 1 is 1.47 bits per heavy atom. The fourth-order valence-electron chi connectivity index (χ4n) is 2.03. The van der Waals surface area contributed by atoms with Crippen molar-refractivity contribution in [2.75, 3.05) is 17.2 Å². The lowest BCUT2D eigenvalue weighted by Crippen LogP contribution is -2.57. The van der Waals surface area contributed by atoms with E-state index < -0.39 is 6.04 Å². The van der Waals surface area contributed by atoms with Gasteiger partial charge in [0.05, 0.1) is 5.69 Å². The maximum atomic E-state index is 11.6. The van der Waals surface area contributed by atoms with E-state index in [1.54, 1.807) is 25.1 Å². The van der Waals surface area contributed by atoms with Crippen LogP contribution in [0, 0.1) is 0 Å². The van der Waals surface area contributed by atoms with Crippen molar-refractivity contribution in [1.82, 2.24) is 10.3 Å². The minimum atomic E-state index is -0.521. The topological polar surface area (TPSA) is 101 Å². The molecular formula is C12H12N4O3. The van der Waals surface area contributed by atoms with Gasteiger partial charge < -0.3 is 15.1 Å². The van der Waals surface area contributed by atoms with Gasteiger partial charge in [-0.3, -0.25) is 14.9 Å². The maximum absolute atomic E-state index is 11.6. The van der Waals surface area contributed by atoms with E-state index in [0.29, 0.717) is 16.8 Å². The number of rotatable bonds is 1. The number of hydrogen-bond donors (Lipinski definition) is 2. The van der Waals surface area contributed by atoms with Crippen molar-refractivity contribution in [3.05, 3.63) is 18.2 Å². The number of nitrogens with one attached hydrogen (secondary N) is 1. The van der Waals surface area contributed by atoms with Gasteiger partial charge in [0, 0.05) is 0 Å². The molecule has 1 atom stereocenters. The summed E-state index contributed by atoms with van der Waals surface area (Å²) in [5.74, 6) is -0.746. The number of nitrogens with zero attached hydrogens (tertiary/aromatic N) is 2. The Labute approximate surface area is 108 Å². The highest BCUT2D eigenvalue weighted by Crippen LogP contribution is 2.27. The molecule has 0 bridgehead atoms. The van der Waals surface area contributed by atoms with Crippen LogP contribution in [0.25, 0.3) is 11.1 Å². The number of para-hydroxylation sites is 1. The summed E-state index contributed by atoms with van der Waals surface area (Å²) in [4.78, 5) is 28.8. The molecule has 3 N–H and O–H groups in total. The normalized spacial score (nSPS) is 19.8. The summed E-state index contributed by atoms with van der Waals surface area (Å²) in [6.07, 6.45) is 0. The molecule has 1 aromatic heterocycles. The summed E-state index contributed by atoms with van der Waals surface area (Å²) in [5, 5.41) is 2.26. The van der Waals surface area contributed by atoms with Gasteiger partial charge in [0.2, 0.25) is 11.8 Å². The first-order valence-electron chi connectivity index (χ1n) is 5.81. The Bertz CT molecular complexity index is 679. The van der Waals surface area contributed by atoms with E-state index in [1.807, 2.05) is 0 Å². The highest BCUT2D eigenvalue weighted by atomic mass is 16.4. The Kier molecular flexibility index (Phi) is 2.41. The SMILES string of the molecule is CC1C(=O)NC(=O)CN1c1nc2c(N)cccc2o1. The van der Waals surface area contributed by atoms with Crippen LogP contribution < -0.4 is 16.0 Å². The fourth-order valence-corrected chi connectivity index (χ4v) is 2.03. The number of nitrogens with two attached hydrogens (primary N) is 1. The number of anilines is 2. The first-order chi connectivity index (χ1) is 9.06. The predicted octanol–water partition coefficient (Wildman–Crippen LogP) is 0.261. The van der Waals surface area contributed by atoms with Crippen LogP contribution in [0.15, 0.2) is 22.6 Å². The second kappa shape index (κ2) is 3.98. The van der Waals surface area contributed by atoms with Gasteiger partial charge in [0.25, 0.3) is 6.01 Å². The summed E-state index contributed by atoms with van der Waals surface area (Å²) < 4.78 is 5.56. The van der Waals surface area contributed by atoms with Crippen molar-refractivity contribution in [2.45, 2.75) is 13.0 Å². The van der Waals surface area contributed by atoms with E-state index in [-0.39, 0.29) is 24.4 Å². The number of amides is 2. The van der Waals surface area contributed by atoms with Crippen LogP contribution in [-0.4, -0.2) is 29.4 Å². The Morgan fingerprint density at radius 3 is 3.00 bits per heavy atom. The average Bonchev–Trinajstić information content (AvgIpc) is 2.79. The van der Waals surface area contributed by atoms with Gasteiger partial charge in [0.15, 0.2) is 5.58 Å². The molecule has 0 aliphatic carbocycles. The number of benzene rings is 1. The van der Waals surface area contributed by atoms with Gasteiger partial charge in [-0.2, -0.15) is 4.98 Å². The van der Waals surface area contributed by atoms with Gasteiger partial charge in [-0.05, 0) is 19.1 Å². The minimum Gasteiger partial charge on any atom is -0.423 e. The van der Waals surface area contributed by atoms with E-state index in [4.69, 9.17) is 10.2 Å². The highest BCUT2D eigenvalue weighted by molar-refractivity contribution is 6.04. The zero-order chi connectivity index (χ0) is 13.6. The second-order valence-corrected chi connectivity index (χ2v) is 4.41. The Morgan fingerprint density at radius 2 is 2.26 bits per heavy atom. The van der Waals surface area contributed by atoms with Gasteiger partial charge >= 0.3 is 0 Å². The van der Waals surface area contributed by atoms with Crippen LogP contribution in [0.1, 0.15) is 6.92 Å². The number of fused-ring (bicyclic) bond motifs is 1. The fraction of sp³-hybridized carbons (Fsp3) is 0.250. The summed E-state index contributed by atoms with van der Waals surface area (Å²) in [7, 11) is 0. The number of nitrogen functional groups attached to an aromatic ring is 1. The smallest absolute Gasteiger partial charge is 0.299 e. The number of piperazine rings is 1. The Hall–Kier alpha value is -2.57. The zero-order valence-corrected chi connectivity index (χ0v) is 10.2. The molecular weight excluding hydrogens is 248 g/mol. The third-order valence-corrected chi connectivity index (χ3v) is 3.11. The summed E-state index contributed by atoms with van der Waals surface area (Å²) >= 11 is 0. The van der Waals surface area contributed by atoms with E-state index >= 15 is 0 Å². The van der Waals surface area contributed by atoms with Crippen LogP contribution in [0.2, 0.25) is 0 Å². The molecule has 2 aromatic rings. The van der Waals surface area contributed by atoms with Crippen LogP contribution in [0.3, 0.4) is 0 Å². The third kappa shape index (κ3) is 1.79. The largest absolute Gasteiger partial charge is 0.423 e. The number of carbonyl (C=O) groups excluding carboxylic acids is 2. The molecule has 1 aliphatic rings. The lowest BCUT2D eigenvalue weighted by molar-refractivity contribution is -0.132. The molecule has 2 amide bonds. The van der Waals surface area contributed by atoms with Crippen LogP contribution in [0.4, 0.5) is 11.7 Å². The molecule has 98 valence electrons. The highest BCUT2D eigenvalue weighted by Gasteiger charge is 2.33. The molecule has 7 nitrogen and oxygen atoms in total. The summed E-state index contributed by atoms with van der Waals surface area (Å²) in [6, 6.07) is 4.91. The summed E-state index contributed by atoms with van der Waals surface area (Å²) in [6.45, 7) is 1.71. The van der Waals surface area contributed by atoms with Crippen molar-refractivity contribution in [1.29, 1.82) is 0 Å². The molecule has 1 aliphatic heterocycles. The molecule has 1 fully saturated rings. The van der Waals surface area contributed by atoms with Crippen molar-refractivity contribution in [2.24, 2.45) is 0 Å².